The molecule has 0 fully saturated rings. The summed E-state index contributed by atoms with van der Waals surface area (Å²) in [5.74, 6) is -1.86. The number of aliphatic hydroxyl groups is 1. The Morgan fingerprint density at radius 2 is 2.08 bits per heavy atom. The van der Waals surface area contributed by atoms with Crippen molar-refractivity contribution in [1.29, 1.82) is 0 Å². The predicted molar refractivity (Wildman–Crippen MR) is 43.1 cm³/mol. The number of ether oxygens (including phenoxy) is 1. The molecule has 1 atom stereocenters. The summed E-state index contributed by atoms with van der Waals surface area (Å²) in [5, 5.41) is 20.1. The summed E-state index contributed by atoms with van der Waals surface area (Å²) in [6.45, 7) is 0.803. The molecule has 0 rings (SSSR count). The van der Waals surface area contributed by atoms with Crippen LogP contribution in [0.4, 0.5) is 0 Å². The standard InChI is InChI=1S/C7H13NO5/c1-7(12,6(10)11)4-8-3-5(9)13-2/h8,12H,3-4H2,1-2H3,(H,10,11). The molecule has 0 amide bonds. The van der Waals surface area contributed by atoms with E-state index in [9.17, 15) is 9.59 Å². The molecule has 76 valence electrons. The molecule has 0 aliphatic carbocycles. The van der Waals surface area contributed by atoms with Gasteiger partial charge >= 0.3 is 11.9 Å². The van der Waals surface area contributed by atoms with Gasteiger partial charge in [-0.1, -0.05) is 0 Å². The Bertz CT molecular complexity index is 201. The average Bonchev–Trinajstić information content (AvgIpc) is 2.03. The Balaban J connectivity index is 3.76. The maximum Gasteiger partial charge on any atom is 0.336 e. The normalized spacial score (nSPS) is 14.7. The van der Waals surface area contributed by atoms with Crippen molar-refractivity contribution in [3.8, 4) is 0 Å². The number of carboxylic acids is 1. The first-order valence-corrected chi connectivity index (χ1v) is 3.63. The number of aliphatic carboxylic acids is 1. The molecule has 0 aromatic heterocycles. The number of rotatable bonds is 5. The maximum atomic E-state index is 10.6. The molecule has 1 unspecified atom stereocenters. The van der Waals surface area contributed by atoms with Gasteiger partial charge in [0.05, 0.1) is 13.7 Å². The topological polar surface area (TPSA) is 95.9 Å². The third-order valence-electron chi connectivity index (χ3n) is 1.43. The Morgan fingerprint density at radius 3 is 2.46 bits per heavy atom. The molecule has 0 aliphatic heterocycles. The number of carbonyl (C=O) groups is 2. The van der Waals surface area contributed by atoms with E-state index in [4.69, 9.17) is 10.2 Å². The lowest BCUT2D eigenvalue weighted by molar-refractivity contribution is -0.156. The van der Waals surface area contributed by atoms with Gasteiger partial charge < -0.3 is 20.3 Å². The van der Waals surface area contributed by atoms with Crippen LogP contribution in [0, 0.1) is 0 Å². The Labute approximate surface area is 75.5 Å². The van der Waals surface area contributed by atoms with Gasteiger partial charge in [0.1, 0.15) is 0 Å². The fraction of sp³-hybridized carbons (Fsp3) is 0.714. The molecule has 0 aromatic carbocycles. The van der Waals surface area contributed by atoms with Crippen LogP contribution in [-0.2, 0) is 14.3 Å². The Kier molecular flexibility index (Phi) is 4.36. The Morgan fingerprint density at radius 1 is 1.54 bits per heavy atom. The highest BCUT2D eigenvalue weighted by Gasteiger charge is 2.29. The summed E-state index contributed by atoms with van der Waals surface area (Å²) >= 11 is 0. The number of esters is 1. The van der Waals surface area contributed by atoms with Gasteiger partial charge in [0.25, 0.3) is 0 Å². The highest BCUT2D eigenvalue weighted by Crippen LogP contribution is 1.99. The fourth-order valence-electron chi connectivity index (χ4n) is 0.556. The fourth-order valence-corrected chi connectivity index (χ4v) is 0.556. The molecule has 0 radical (unpaired) electrons. The third kappa shape index (κ3) is 4.44. The summed E-state index contributed by atoms with van der Waals surface area (Å²) < 4.78 is 4.29. The summed E-state index contributed by atoms with van der Waals surface area (Å²) in [4.78, 5) is 20.9. The zero-order valence-corrected chi connectivity index (χ0v) is 7.53. The van der Waals surface area contributed by atoms with Crippen LogP contribution in [0.5, 0.6) is 0 Å². The van der Waals surface area contributed by atoms with E-state index in [1.165, 1.54) is 7.11 Å². The lowest BCUT2D eigenvalue weighted by Gasteiger charge is -2.17. The molecular formula is C7H13NO5. The summed E-state index contributed by atoms with van der Waals surface area (Å²) in [6, 6.07) is 0. The average molecular weight is 191 g/mol. The van der Waals surface area contributed by atoms with Crippen molar-refractivity contribution in [2.45, 2.75) is 12.5 Å². The number of carboxylic acid groups (broad SMARTS) is 1. The molecule has 0 aliphatic rings. The summed E-state index contributed by atoms with van der Waals surface area (Å²) in [7, 11) is 1.22. The van der Waals surface area contributed by atoms with Crippen molar-refractivity contribution in [2.24, 2.45) is 0 Å². The van der Waals surface area contributed by atoms with Crippen molar-refractivity contribution >= 4 is 11.9 Å². The minimum absolute atomic E-state index is 0.125. The predicted octanol–water partition coefficient (Wildman–Crippen LogP) is -1.42. The van der Waals surface area contributed by atoms with E-state index in [2.05, 4.69) is 10.1 Å². The Hall–Kier alpha value is -1.14. The molecule has 0 saturated heterocycles. The van der Waals surface area contributed by atoms with Crippen LogP contribution in [0.1, 0.15) is 6.92 Å². The second-order valence-corrected chi connectivity index (χ2v) is 2.76. The number of hydrogen-bond donors (Lipinski definition) is 3. The minimum atomic E-state index is -1.87. The molecule has 13 heavy (non-hydrogen) atoms. The van der Waals surface area contributed by atoms with E-state index in [0.717, 1.165) is 6.92 Å². The van der Waals surface area contributed by atoms with Crippen molar-refractivity contribution in [3.63, 3.8) is 0 Å². The van der Waals surface area contributed by atoms with E-state index >= 15 is 0 Å². The second-order valence-electron chi connectivity index (χ2n) is 2.76. The molecule has 0 heterocycles. The van der Waals surface area contributed by atoms with Crippen molar-refractivity contribution < 1.29 is 24.5 Å². The SMILES string of the molecule is COC(=O)CNCC(C)(O)C(=O)O. The van der Waals surface area contributed by atoms with Crippen LogP contribution >= 0.6 is 0 Å². The van der Waals surface area contributed by atoms with Crippen LogP contribution in [0.25, 0.3) is 0 Å². The van der Waals surface area contributed by atoms with Crippen LogP contribution in [-0.4, -0.2) is 48.0 Å². The molecular weight excluding hydrogens is 178 g/mol. The van der Waals surface area contributed by atoms with Crippen LogP contribution < -0.4 is 5.32 Å². The quantitative estimate of drug-likeness (QED) is 0.462. The van der Waals surface area contributed by atoms with Gasteiger partial charge in [-0.15, -0.1) is 0 Å². The summed E-state index contributed by atoms with van der Waals surface area (Å²) in [5.41, 5.74) is -1.87. The van der Waals surface area contributed by atoms with Crippen LogP contribution in [0.3, 0.4) is 0 Å². The number of carbonyl (C=O) groups excluding carboxylic acids is 1. The van der Waals surface area contributed by atoms with Crippen LogP contribution in [0.2, 0.25) is 0 Å². The molecule has 0 bridgehead atoms. The zero-order chi connectivity index (χ0) is 10.5. The largest absolute Gasteiger partial charge is 0.479 e. The summed E-state index contributed by atoms with van der Waals surface area (Å²) in [6.07, 6.45) is 0. The monoisotopic (exact) mass is 191 g/mol. The van der Waals surface area contributed by atoms with Crippen molar-refractivity contribution in [2.75, 3.05) is 20.2 Å². The zero-order valence-electron chi connectivity index (χ0n) is 7.53. The number of hydrogen-bond acceptors (Lipinski definition) is 5. The first kappa shape index (κ1) is 11.9. The van der Waals surface area contributed by atoms with E-state index in [0.29, 0.717) is 0 Å². The lowest BCUT2D eigenvalue weighted by atomic mass is 10.1. The first-order valence-electron chi connectivity index (χ1n) is 3.63. The van der Waals surface area contributed by atoms with Crippen molar-refractivity contribution in [3.05, 3.63) is 0 Å². The van der Waals surface area contributed by atoms with Gasteiger partial charge in [-0.3, -0.25) is 4.79 Å². The molecule has 6 heteroatoms. The van der Waals surface area contributed by atoms with E-state index in [1.807, 2.05) is 0 Å². The molecule has 0 aromatic rings. The number of methoxy groups -OCH3 is 1. The van der Waals surface area contributed by atoms with Gasteiger partial charge in [0, 0.05) is 6.54 Å². The molecule has 3 N–H and O–H groups in total. The van der Waals surface area contributed by atoms with Gasteiger partial charge in [-0.05, 0) is 6.92 Å². The first-order chi connectivity index (χ1) is 5.90. The van der Waals surface area contributed by atoms with Gasteiger partial charge in [0.15, 0.2) is 5.60 Å². The van der Waals surface area contributed by atoms with E-state index in [-0.39, 0.29) is 13.1 Å². The highest BCUT2D eigenvalue weighted by molar-refractivity contribution is 5.77. The molecule has 0 saturated carbocycles. The van der Waals surface area contributed by atoms with E-state index < -0.39 is 17.5 Å². The van der Waals surface area contributed by atoms with Crippen molar-refractivity contribution in [1.82, 2.24) is 5.32 Å². The minimum Gasteiger partial charge on any atom is -0.479 e. The second kappa shape index (κ2) is 4.78. The smallest absolute Gasteiger partial charge is 0.336 e. The van der Waals surface area contributed by atoms with Crippen LogP contribution in [0.15, 0.2) is 0 Å². The van der Waals surface area contributed by atoms with Gasteiger partial charge in [-0.2, -0.15) is 0 Å². The van der Waals surface area contributed by atoms with Gasteiger partial charge in [-0.25, -0.2) is 4.79 Å². The lowest BCUT2D eigenvalue weighted by Crippen LogP contribution is -2.46. The van der Waals surface area contributed by atoms with Gasteiger partial charge in [0.2, 0.25) is 0 Å². The maximum absolute atomic E-state index is 10.6. The highest BCUT2D eigenvalue weighted by atomic mass is 16.5. The third-order valence-corrected chi connectivity index (χ3v) is 1.43. The number of nitrogens with one attached hydrogen (secondary N) is 1. The molecule has 6 nitrogen and oxygen atoms in total. The van der Waals surface area contributed by atoms with E-state index in [1.54, 1.807) is 0 Å². The molecule has 0 spiro atoms.